The van der Waals surface area contributed by atoms with Crippen LogP contribution in [0.15, 0.2) is 0 Å². The van der Waals surface area contributed by atoms with Crippen molar-refractivity contribution in [3.63, 3.8) is 0 Å². The number of hydrogen-bond acceptors (Lipinski definition) is 3. The number of carbonyl (C=O) groups excluding carboxylic acids is 2. The Bertz CT molecular complexity index is 273. The van der Waals surface area contributed by atoms with Crippen molar-refractivity contribution in [3.8, 4) is 0 Å². The first-order chi connectivity index (χ1) is 8.10. The Balaban J connectivity index is 2.61. The molecule has 1 saturated carbocycles. The van der Waals surface area contributed by atoms with Crippen molar-refractivity contribution in [2.24, 2.45) is 5.73 Å². The third-order valence-electron chi connectivity index (χ3n) is 3.22. The smallest absolute Gasteiger partial charge is 0.245 e. The molecule has 0 unspecified atom stereocenters. The van der Waals surface area contributed by atoms with Crippen LogP contribution >= 0.6 is 0 Å². The summed E-state index contributed by atoms with van der Waals surface area (Å²) in [5.74, 6) is -0.193. The molecule has 5 heteroatoms. The SMILES string of the molecule is CC(=O)NC1(C(=O)NCCCN)CCCCC1. The predicted octanol–water partition coefficient (Wildman–Crippen LogP) is 0.290. The van der Waals surface area contributed by atoms with E-state index in [1.165, 1.54) is 6.92 Å². The summed E-state index contributed by atoms with van der Waals surface area (Å²) in [5, 5.41) is 5.71. The molecule has 0 spiro atoms. The highest BCUT2D eigenvalue weighted by Gasteiger charge is 2.39. The highest BCUT2D eigenvalue weighted by Crippen LogP contribution is 2.28. The maximum Gasteiger partial charge on any atom is 0.245 e. The van der Waals surface area contributed by atoms with E-state index in [1.54, 1.807) is 0 Å². The molecular weight excluding hydrogens is 218 g/mol. The quantitative estimate of drug-likeness (QED) is 0.605. The first-order valence-corrected chi connectivity index (χ1v) is 6.38. The zero-order valence-corrected chi connectivity index (χ0v) is 10.6. The Morgan fingerprint density at radius 3 is 2.41 bits per heavy atom. The molecule has 2 amide bonds. The number of rotatable bonds is 5. The molecule has 0 aromatic carbocycles. The number of nitrogens with one attached hydrogen (secondary N) is 2. The van der Waals surface area contributed by atoms with Crippen LogP contribution in [-0.2, 0) is 9.59 Å². The van der Waals surface area contributed by atoms with Crippen LogP contribution in [0, 0.1) is 0 Å². The van der Waals surface area contributed by atoms with Gasteiger partial charge in [-0.1, -0.05) is 19.3 Å². The molecule has 1 aliphatic carbocycles. The highest BCUT2D eigenvalue weighted by molar-refractivity contribution is 5.91. The van der Waals surface area contributed by atoms with Crippen LogP contribution in [0.3, 0.4) is 0 Å². The van der Waals surface area contributed by atoms with Crippen molar-refractivity contribution in [1.29, 1.82) is 0 Å². The lowest BCUT2D eigenvalue weighted by Gasteiger charge is -2.36. The number of nitrogens with two attached hydrogens (primary N) is 1. The summed E-state index contributed by atoms with van der Waals surface area (Å²) >= 11 is 0. The standard InChI is InChI=1S/C12H23N3O2/c1-10(16)15-12(6-3-2-4-7-12)11(17)14-9-5-8-13/h2-9,13H2,1H3,(H,14,17)(H,15,16). The molecule has 0 radical (unpaired) electrons. The van der Waals surface area contributed by atoms with Gasteiger partial charge in [0.25, 0.3) is 0 Å². The van der Waals surface area contributed by atoms with E-state index in [0.29, 0.717) is 13.1 Å². The van der Waals surface area contributed by atoms with Gasteiger partial charge in [0, 0.05) is 13.5 Å². The van der Waals surface area contributed by atoms with E-state index in [2.05, 4.69) is 10.6 Å². The third-order valence-corrected chi connectivity index (χ3v) is 3.22. The minimum absolute atomic E-state index is 0.0548. The van der Waals surface area contributed by atoms with Gasteiger partial charge in [0.2, 0.25) is 11.8 Å². The molecular formula is C12H23N3O2. The van der Waals surface area contributed by atoms with E-state index in [4.69, 9.17) is 5.73 Å². The Labute approximate surface area is 103 Å². The predicted molar refractivity (Wildman–Crippen MR) is 66.3 cm³/mol. The summed E-state index contributed by atoms with van der Waals surface area (Å²) in [7, 11) is 0. The average Bonchev–Trinajstić information content (AvgIpc) is 2.29. The second-order valence-electron chi connectivity index (χ2n) is 4.72. The lowest BCUT2D eigenvalue weighted by atomic mass is 9.80. The van der Waals surface area contributed by atoms with Gasteiger partial charge in [-0.15, -0.1) is 0 Å². The summed E-state index contributed by atoms with van der Waals surface area (Å²) < 4.78 is 0. The molecule has 0 aromatic heterocycles. The van der Waals surface area contributed by atoms with Gasteiger partial charge < -0.3 is 16.4 Å². The maximum absolute atomic E-state index is 12.2. The minimum Gasteiger partial charge on any atom is -0.354 e. The van der Waals surface area contributed by atoms with Crippen molar-refractivity contribution in [3.05, 3.63) is 0 Å². The normalized spacial score (nSPS) is 18.5. The van der Waals surface area contributed by atoms with E-state index < -0.39 is 5.54 Å². The summed E-state index contributed by atoms with van der Waals surface area (Å²) in [6.07, 6.45) is 5.36. The van der Waals surface area contributed by atoms with Gasteiger partial charge in [-0.2, -0.15) is 0 Å². The van der Waals surface area contributed by atoms with Crippen LogP contribution in [-0.4, -0.2) is 30.4 Å². The van der Waals surface area contributed by atoms with Gasteiger partial charge in [0.1, 0.15) is 5.54 Å². The van der Waals surface area contributed by atoms with Crippen LogP contribution in [0.1, 0.15) is 45.4 Å². The van der Waals surface area contributed by atoms with Crippen LogP contribution in [0.4, 0.5) is 0 Å². The van der Waals surface area contributed by atoms with Gasteiger partial charge in [0.15, 0.2) is 0 Å². The molecule has 1 rings (SSSR count). The van der Waals surface area contributed by atoms with E-state index in [0.717, 1.165) is 38.5 Å². The molecule has 5 nitrogen and oxygen atoms in total. The maximum atomic E-state index is 12.2. The van der Waals surface area contributed by atoms with Crippen molar-refractivity contribution in [2.45, 2.75) is 51.0 Å². The Morgan fingerprint density at radius 1 is 1.24 bits per heavy atom. The molecule has 0 aromatic rings. The summed E-state index contributed by atoms with van der Waals surface area (Å²) in [5.41, 5.74) is 4.70. The Morgan fingerprint density at radius 2 is 1.88 bits per heavy atom. The second-order valence-corrected chi connectivity index (χ2v) is 4.72. The van der Waals surface area contributed by atoms with E-state index in [9.17, 15) is 9.59 Å². The van der Waals surface area contributed by atoms with Crippen molar-refractivity contribution < 1.29 is 9.59 Å². The van der Waals surface area contributed by atoms with Crippen molar-refractivity contribution in [1.82, 2.24) is 10.6 Å². The molecule has 1 aliphatic rings. The Kier molecular flexibility index (Phi) is 5.41. The average molecular weight is 241 g/mol. The fraction of sp³-hybridized carbons (Fsp3) is 0.833. The largest absolute Gasteiger partial charge is 0.354 e. The van der Waals surface area contributed by atoms with Gasteiger partial charge in [-0.05, 0) is 25.8 Å². The molecule has 0 atom stereocenters. The summed E-state index contributed by atoms with van der Waals surface area (Å²) in [4.78, 5) is 23.4. The number of amides is 2. The van der Waals surface area contributed by atoms with E-state index >= 15 is 0 Å². The van der Waals surface area contributed by atoms with Crippen molar-refractivity contribution in [2.75, 3.05) is 13.1 Å². The molecule has 0 saturated heterocycles. The molecule has 98 valence electrons. The minimum atomic E-state index is -0.682. The van der Waals surface area contributed by atoms with Crippen LogP contribution < -0.4 is 16.4 Å². The fourth-order valence-corrected chi connectivity index (χ4v) is 2.37. The first kappa shape index (κ1) is 14.0. The Hall–Kier alpha value is -1.10. The van der Waals surface area contributed by atoms with Crippen LogP contribution in [0.5, 0.6) is 0 Å². The number of carbonyl (C=O) groups is 2. The molecule has 0 heterocycles. The zero-order chi connectivity index (χ0) is 12.7. The molecule has 17 heavy (non-hydrogen) atoms. The van der Waals surface area contributed by atoms with Crippen molar-refractivity contribution >= 4 is 11.8 Å². The lowest BCUT2D eigenvalue weighted by molar-refractivity contribution is -0.134. The topological polar surface area (TPSA) is 84.2 Å². The lowest BCUT2D eigenvalue weighted by Crippen LogP contribution is -2.59. The molecule has 0 aliphatic heterocycles. The fourth-order valence-electron chi connectivity index (χ4n) is 2.37. The molecule has 0 bridgehead atoms. The van der Waals surface area contributed by atoms with E-state index in [1.807, 2.05) is 0 Å². The van der Waals surface area contributed by atoms with Crippen LogP contribution in [0.25, 0.3) is 0 Å². The van der Waals surface area contributed by atoms with Crippen LogP contribution in [0.2, 0.25) is 0 Å². The van der Waals surface area contributed by atoms with Gasteiger partial charge in [-0.25, -0.2) is 0 Å². The van der Waals surface area contributed by atoms with Gasteiger partial charge in [-0.3, -0.25) is 9.59 Å². The third kappa shape index (κ3) is 4.00. The first-order valence-electron chi connectivity index (χ1n) is 6.38. The zero-order valence-electron chi connectivity index (χ0n) is 10.6. The van der Waals surface area contributed by atoms with Gasteiger partial charge in [0.05, 0.1) is 0 Å². The van der Waals surface area contributed by atoms with Gasteiger partial charge >= 0.3 is 0 Å². The summed E-state index contributed by atoms with van der Waals surface area (Å²) in [6.45, 7) is 2.60. The number of hydrogen-bond donors (Lipinski definition) is 3. The summed E-state index contributed by atoms with van der Waals surface area (Å²) in [6, 6.07) is 0. The molecule has 1 fully saturated rings. The monoisotopic (exact) mass is 241 g/mol. The second kappa shape index (κ2) is 6.59. The van der Waals surface area contributed by atoms with E-state index in [-0.39, 0.29) is 11.8 Å². The molecule has 4 N–H and O–H groups in total. The highest BCUT2D eigenvalue weighted by atomic mass is 16.2.